The van der Waals surface area contributed by atoms with Crippen molar-refractivity contribution in [1.29, 1.82) is 0 Å². The third kappa shape index (κ3) is 4.67. The summed E-state index contributed by atoms with van der Waals surface area (Å²) in [5, 5.41) is 1.39. The highest BCUT2D eigenvalue weighted by Gasteiger charge is 2.25. The van der Waals surface area contributed by atoms with Crippen LogP contribution in [0.1, 0.15) is 77.7 Å². The molecule has 0 spiro atoms. The van der Waals surface area contributed by atoms with Crippen molar-refractivity contribution < 1.29 is 4.79 Å². The van der Waals surface area contributed by atoms with Gasteiger partial charge in [0.25, 0.3) is 5.56 Å². The van der Waals surface area contributed by atoms with Crippen LogP contribution in [0.25, 0.3) is 10.2 Å². The average Bonchev–Trinajstić information content (AvgIpc) is 3.22. The Morgan fingerprint density at radius 2 is 1.97 bits per heavy atom. The van der Waals surface area contributed by atoms with Crippen LogP contribution in [0.5, 0.6) is 0 Å². The lowest BCUT2D eigenvalue weighted by molar-refractivity contribution is 0.102. The summed E-state index contributed by atoms with van der Waals surface area (Å²) in [7, 11) is 0. The van der Waals surface area contributed by atoms with Gasteiger partial charge in [0, 0.05) is 17.0 Å². The molecule has 0 N–H and O–H groups in total. The molecule has 2 heterocycles. The number of carbonyl (C=O) groups is 1. The van der Waals surface area contributed by atoms with Gasteiger partial charge in [-0.1, -0.05) is 68.3 Å². The van der Waals surface area contributed by atoms with Crippen LogP contribution in [-0.2, 0) is 19.4 Å². The Morgan fingerprint density at radius 1 is 1.21 bits per heavy atom. The predicted molar refractivity (Wildman–Crippen MR) is 143 cm³/mol. The number of rotatable bonds is 7. The van der Waals surface area contributed by atoms with Crippen LogP contribution in [0, 0.1) is 5.92 Å². The van der Waals surface area contributed by atoms with Crippen molar-refractivity contribution >= 4 is 39.1 Å². The topological polar surface area (TPSA) is 52.0 Å². The van der Waals surface area contributed by atoms with Gasteiger partial charge in [-0.15, -0.1) is 17.9 Å². The number of fused-ring (bicyclic) bond motifs is 3. The van der Waals surface area contributed by atoms with E-state index in [4.69, 9.17) is 4.98 Å². The van der Waals surface area contributed by atoms with Crippen LogP contribution in [-0.4, -0.2) is 21.1 Å². The van der Waals surface area contributed by atoms with E-state index in [1.807, 2.05) is 12.1 Å². The molecule has 0 amide bonds. The van der Waals surface area contributed by atoms with E-state index in [-0.39, 0.29) is 17.1 Å². The molecule has 3 aromatic rings. The Bertz CT molecular complexity index is 1270. The number of allylic oxidation sites excluding steroid dienone is 1. The first-order valence-electron chi connectivity index (χ1n) is 12.5. The molecular formula is C28H32N2O2S2. The average molecular weight is 493 g/mol. The summed E-state index contributed by atoms with van der Waals surface area (Å²) < 4.78 is 1.69. The van der Waals surface area contributed by atoms with Gasteiger partial charge in [-0.3, -0.25) is 14.2 Å². The Hall–Kier alpha value is -2.18. The maximum Gasteiger partial charge on any atom is 0.263 e. The maximum absolute atomic E-state index is 13.4. The summed E-state index contributed by atoms with van der Waals surface area (Å²) in [6, 6.07) is 8.19. The van der Waals surface area contributed by atoms with E-state index in [9.17, 15) is 9.59 Å². The largest absolute Gasteiger partial charge is 0.293 e. The van der Waals surface area contributed by atoms with Gasteiger partial charge >= 0.3 is 0 Å². The van der Waals surface area contributed by atoms with Crippen molar-refractivity contribution in [1.82, 2.24) is 9.55 Å². The van der Waals surface area contributed by atoms with Crippen LogP contribution < -0.4 is 5.56 Å². The van der Waals surface area contributed by atoms with Crippen LogP contribution in [0.4, 0.5) is 0 Å². The minimum Gasteiger partial charge on any atom is -0.293 e. The molecule has 2 aliphatic rings. The van der Waals surface area contributed by atoms with Gasteiger partial charge in [0.05, 0.1) is 11.1 Å². The van der Waals surface area contributed by atoms with E-state index in [0.29, 0.717) is 23.5 Å². The third-order valence-electron chi connectivity index (χ3n) is 7.33. The SMILES string of the molecule is C=CCn1c(SCC(=O)c2ccc(C3CCCCC3)cc2)nc2sc3c(c2c1=O)CCC(C)C3. The number of hydrogen-bond donors (Lipinski definition) is 0. The van der Waals surface area contributed by atoms with Crippen molar-refractivity contribution in [3.05, 3.63) is 68.8 Å². The first-order valence-corrected chi connectivity index (χ1v) is 14.3. The Balaban J connectivity index is 1.36. The molecule has 0 bridgehead atoms. The molecule has 0 aliphatic heterocycles. The Kier molecular flexibility index (Phi) is 7.07. The smallest absolute Gasteiger partial charge is 0.263 e. The zero-order chi connectivity index (χ0) is 23.7. The van der Waals surface area contributed by atoms with Crippen molar-refractivity contribution in [2.24, 2.45) is 5.92 Å². The second kappa shape index (κ2) is 10.2. The highest BCUT2D eigenvalue weighted by atomic mass is 32.2. The second-order valence-corrected chi connectivity index (χ2v) is 11.8. The molecule has 1 fully saturated rings. The van der Waals surface area contributed by atoms with Crippen molar-refractivity contribution in [2.75, 3.05) is 5.75 Å². The quantitative estimate of drug-likeness (QED) is 0.158. The Labute approximate surface area is 209 Å². The maximum atomic E-state index is 13.4. The molecule has 0 saturated heterocycles. The van der Waals surface area contributed by atoms with Crippen LogP contribution in [0.3, 0.4) is 0 Å². The number of benzene rings is 1. The van der Waals surface area contributed by atoms with Gasteiger partial charge in [0.15, 0.2) is 10.9 Å². The van der Waals surface area contributed by atoms with Crippen LogP contribution in [0.2, 0.25) is 0 Å². The lowest BCUT2D eigenvalue weighted by Crippen LogP contribution is -2.24. The summed E-state index contributed by atoms with van der Waals surface area (Å²) in [6.45, 7) is 6.50. The fraction of sp³-hybridized carbons (Fsp3) is 0.464. The first-order chi connectivity index (χ1) is 16.5. The summed E-state index contributed by atoms with van der Waals surface area (Å²) >= 11 is 3.01. The fourth-order valence-corrected chi connectivity index (χ4v) is 7.72. The first kappa shape index (κ1) is 23.6. The number of carbonyl (C=O) groups excluding carboxylic acids is 1. The van der Waals surface area contributed by atoms with Gasteiger partial charge in [0.1, 0.15) is 4.83 Å². The molecule has 4 nitrogen and oxygen atoms in total. The number of Topliss-reactive ketones (excluding diaryl/α,β-unsaturated/α-hetero) is 1. The van der Waals surface area contributed by atoms with Crippen molar-refractivity contribution in [2.45, 2.75) is 75.9 Å². The lowest BCUT2D eigenvalue weighted by Gasteiger charge is -2.22. The molecule has 2 aromatic heterocycles. The number of thioether (sulfide) groups is 1. The fourth-order valence-electron chi connectivity index (χ4n) is 5.40. The predicted octanol–water partition coefficient (Wildman–Crippen LogP) is 6.79. The molecule has 0 radical (unpaired) electrons. The number of thiophene rings is 1. The zero-order valence-corrected chi connectivity index (χ0v) is 21.5. The van der Waals surface area contributed by atoms with Gasteiger partial charge in [-0.2, -0.15) is 0 Å². The Morgan fingerprint density at radius 3 is 2.71 bits per heavy atom. The normalized spacial score (nSPS) is 18.7. The molecule has 1 aromatic carbocycles. The summed E-state index contributed by atoms with van der Waals surface area (Å²) in [4.78, 5) is 33.4. The van der Waals surface area contributed by atoms with Crippen LogP contribution >= 0.6 is 23.1 Å². The van der Waals surface area contributed by atoms with Gasteiger partial charge in [-0.25, -0.2) is 4.98 Å². The molecule has 1 saturated carbocycles. The third-order valence-corrected chi connectivity index (χ3v) is 9.46. The minimum absolute atomic E-state index is 0.00346. The number of hydrogen-bond acceptors (Lipinski definition) is 5. The second-order valence-electron chi connectivity index (χ2n) is 9.80. The van der Waals surface area contributed by atoms with E-state index in [1.54, 1.807) is 22.0 Å². The summed E-state index contributed by atoms with van der Waals surface area (Å²) in [6.07, 6.45) is 11.3. The molecular weight excluding hydrogens is 460 g/mol. The van der Waals surface area contributed by atoms with Gasteiger partial charge < -0.3 is 0 Å². The monoisotopic (exact) mass is 492 g/mol. The van der Waals surface area contributed by atoms with E-state index >= 15 is 0 Å². The van der Waals surface area contributed by atoms with Gasteiger partial charge in [0.2, 0.25) is 0 Å². The number of aryl methyl sites for hydroxylation is 1. The van der Waals surface area contributed by atoms with E-state index < -0.39 is 0 Å². The van der Waals surface area contributed by atoms with Crippen molar-refractivity contribution in [3.8, 4) is 0 Å². The van der Waals surface area contributed by atoms with Crippen molar-refractivity contribution in [3.63, 3.8) is 0 Å². The zero-order valence-electron chi connectivity index (χ0n) is 19.8. The van der Waals surface area contributed by atoms with E-state index in [1.165, 1.54) is 59.9 Å². The van der Waals surface area contributed by atoms with Gasteiger partial charge in [-0.05, 0) is 55.1 Å². The molecule has 5 rings (SSSR count). The number of nitrogens with zero attached hydrogens (tertiary/aromatic N) is 2. The van der Waals surface area contributed by atoms with E-state index in [0.717, 1.165) is 35.0 Å². The molecule has 1 atom stereocenters. The van der Waals surface area contributed by atoms with Crippen LogP contribution in [0.15, 0.2) is 46.9 Å². The molecule has 178 valence electrons. The number of ketones is 1. The number of aromatic nitrogens is 2. The molecule has 1 unspecified atom stereocenters. The molecule has 2 aliphatic carbocycles. The highest BCUT2D eigenvalue weighted by Crippen LogP contribution is 2.37. The molecule has 6 heteroatoms. The standard InChI is InChI=1S/C28H32N2O2S2/c1-3-15-30-27(32)25-22-14-9-18(2)16-24(22)34-26(25)29-28(30)33-17-23(31)21-12-10-20(11-13-21)19-7-5-4-6-8-19/h3,10-13,18-19H,1,4-9,14-17H2,2H3. The summed E-state index contributed by atoms with van der Waals surface area (Å²) in [5.41, 5.74) is 3.28. The lowest BCUT2D eigenvalue weighted by atomic mass is 9.84. The highest BCUT2D eigenvalue weighted by molar-refractivity contribution is 7.99. The summed E-state index contributed by atoms with van der Waals surface area (Å²) in [5.74, 6) is 1.61. The van der Waals surface area contributed by atoms with E-state index in [2.05, 4.69) is 25.6 Å². The molecule has 34 heavy (non-hydrogen) atoms. The minimum atomic E-state index is 0.00346.